The first-order valence-corrected chi connectivity index (χ1v) is 8.40. The second-order valence-electron chi connectivity index (χ2n) is 6.55. The lowest BCUT2D eigenvalue weighted by Crippen LogP contribution is -2.30. The van der Waals surface area contributed by atoms with Crippen LogP contribution in [0.5, 0.6) is 5.75 Å². The van der Waals surface area contributed by atoms with Crippen molar-refractivity contribution in [1.82, 2.24) is 10.6 Å². The van der Waals surface area contributed by atoms with E-state index in [1.54, 1.807) is 7.11 Å². The van der Waals surface area contributed by atoms with Crippen molar-refractivity contribution < 1.29 is 9.53 Å². The Labute approximate surface area is 144 Å². The predicted molar refractivity (Wildman–Crippen MR) is 94.1 cm³/mol. The number of carbonyl (C=O) groups excluding carboxylic acids is 1. The number of halogens is 1. The third-order valence-electron chi connectivity index (χ3n) is 4.83. The lowest BCUT2D eigenvalue weighted by Gasteiger charge is -2.19. The van der Waals surface area contributed by atoms with Crippen molar-refractivity contribution in [2.24, 2.45) is 11.8 Å². The van der Waals surface area contributed by atoms with E-state index in [1.165, 1.54) is 24.8 Å². The largest absolute Gasteiger partial charge is 0.497 e. The zero-order valence-electron chi connectivity index (χ0n) is 13.7. The first-order valence-electron chi connectivity index (χ1n) is 8.40. The number of methoxy groups -OCH3 is 1. The van der Waals surface area contributed by atoms with E-state index in [1.807, 2.05) is 12.1 Å². The van der Waals surface area contributed by atoms with Crippen LogP contribution in [0.2, 0.25) is 0 Å². The van der Waals surface area contributed by atoms with Crippen LogP contribution in [0.25, 0.3) is 0 Å². The van der Waals surface area contributed by atoms with Gasteiger partial charge in [-0.3, -0.25) is 4.79 Å². The van der Waals surface area contributed by atoms with Crippen LogP contribution in [0.1, 0.15) is 43.7 Å². The molecule has 2 N–H and O–H groups in total. The van der Waals surface area contributed by atoms with E-state index in [4.69, 9.17) is 4.74 Å². The highest BCUT2D eigenvalue weighted by atomic mass is 35.5. The van der Waals surface area contributed by atoms with Crippen molar-refractivity contribution in [3.8, 4) is 5.75 Å². The average Bonchev–Trinajstić information content (AvgIpc) is 3.26. The molecule has 0 radical (unpaired) electrons. The molecule has 2 fully saturated rings. The normalized spacial score (nSPS) is 21.3. The molecule has 1 aliphatic carbocycles. The number of hydrogen-bond acceptors (Lipinski definition) is 3. The zero-order valence-corrected chi connectivity index (χ0v) is 14.5. The van der Waals surface area contributed by atoms with Crippen molar-refractivity contribution in [3.05, 3.63) is 29.8 Å². The van der Waals surface area contributed by atoms with Crippen LogP contribution in [0.3, 0.4) is 0 Å². The Balaban J connectivity index is 0.00000192. The maximum absolute atomic E-state index is 12.3. The first kappa shape index (κ1) is 18.1. The van der Waals surface area contributed by atoms with E-state index in [0.29, 0.717) is 18.3 Å². The van der Waals surface area contributed by atoms with Crippen LogP contribution < -0.4 is 15.4 Å². The fraction of sp³-hybridized carbons (Fsp3) is 0.611. The second-order valence-corrected chi connectivity index (χ2v) is 6.55. The van der Waals surface area contributed by atoms with Crippen LogP contribution in [-0.2, 0) is 4.79 Å². The minimum Gasteiger partial charge on any atom is -0.497 e. The minimum atomic E-state index is 0. The summed E-state index contributed by atoms with van der Waals surface area (Å²) in [5.74, 6) is 2.33. The van der Waals surface area contributed by atoms with Gasteiger partial charge in [-0.1, -0.05) is 12.1 Å². The lowest BCUT2D eigenvalue weighted by molar-refractivity contribution is -0.122. The smallest absolute Gasteiger partial charge is 0.220 e. The van der Waals surface area contributed by atoms with Crippen LogP contribution in [0.4, 0.5) is 0 Å². The minimum absolute atomic E-state index is 0. The molecule has 23 heavy (non-hydrogen) atoms. The Morgan fingerprint density at radius 2 is 2.04 bits per heavy atom. The van der Waals surface area contributed by atoms with E-state index in [2.05, 4.69) is 22.8 Å². The topological polar surface area (TPSA) is 50.4 Å². The molecule has 1 aromatic carbocycles. The summed E-state index contributed by atoms with van der Waals surface area (Å²) in [6.07, 6.45) is 5.27. The highest BCUT2D eigenvalue weighted by Crippen LogP contribution is 2.41. The summed E-state index contributed by atoms with van der Waals surface area (Å²) in [6, 6.07) is 8.26. The van der Waals surface area contributed by atoms with Gasteiger partial charge >= 0.3 is 0 Å². The monoisotopic (exact) mass is 338 g/mol. The van der Waals surface area contributed by atoms with E-state index in [-0.39, 0.29) is 24.4 Å². The Bertz CT molecular complexity index is 496. The standard InChI is InChI=1S/C18H26N2O2.ClH/c1-22-16-7-5-15(6-8-16)18(14-3-4-14)20-17(21)9-2-13-10-11-19-12-13;/h5-8,13-14,18-19H,2-4,9-12H2,1H3,(H,20,21);1H. The Kier molecular flexibility index (Phi) is 6.72. The molecule has 1 aliphatic heterocycles. The van der Waals surface area contributed by atoms with Gasteiger partial charge in [-0.25, -0.2) is 0 Å². The van der Waals surface area contributed by atoms with E-state index >= 15 is 0 Å². The molecular weight excluding hydrogens is 312 g/mol. The van der Waals surface area contributed by atoms with Gasteiger partial charge < -0.3 is 15.4 Å². The first-order chi connectivity index (χ1) is 10.8. The maximum Gasteiger partial charge on any atom is 0.220 e. The Morgan fingerprint density at radius 1 is 1.30 bits per heavy atom. The van der Waals surface area contributed by atoms with Crippen molar-refractivity contribution in [2.45, 2.75) is 38.1 Å². The summed E-state index contributed by atoms with van der Waals surface area (Å²) in [5.41, 5.74) is 1.19. The van der Waals surface area contributed by atoms with Crippen molar-refractivity contribution in [2.75, 3.05) is 20.2 Å². The van der Waals surface area contributed by atoms with Crippen LogP contribution in [-0.4, -0.2) is 26.1 Å². The predicted octanol–water partition coefficient (Wildman–Crippen LogP) is 3.07. The van der Waals surface area contributed by atoms with Crippen molar-refractivity contribution >= 4 is 18.3 Å². The van der Waals surface area contributed by atoms with Gasteiger partial charge in [0.05, 0.1) is 13.2 Å². The van der Waals surface area contributed by atoms with E-state index in [9.17, 15) is 4.79 Å². The second kappa shape index (κ2) is 8.55. The molecule has 2 unspecified atom stereocenters. The summed E-state index contributed by atoms with van der Waals surface area (Å²) < 4.78 is 5.21. The van der Waals surface area contributed by atoms with Crippen LogP contribution in [0.15, 0.2) is 24.3 Å². The molecule has 4 nitrogen and oxygen atoms in total. The number of benzene rings is 1. The molecule has 1 aromatic rings. The SMILES string of the molecule is COc1ccc(C(NC(=O)CCC2CCNC2)C2CC2)cc1.Cl. The van der Waals surface area contributed by atoms with Gasteiger partial charge in [0, 0.05) is 6.42 Å². The molecule has 5 heteroatoms. The van der Waals surface area contributed by atoms with E-state index < -0.39 is 0 Å². The summed E-state index contributed by atoms with van der Waals surface area (Å²) in [5, 5.41) is 6.61. The molecule has 1 saturated heterocycles. The van der Waals surface area contributed by atoms with Gasteiger partial charge in [0.25, 0.3) is 0 Å². The molecule has 0 bridgehead atoms. The van der Waals surface area contributed by atoms with Gasteiger partial charge in [-0.2, -0.15) is 0 Å². The van der Waals surface area contributed by atoms with Crippen molar-refractivity contribution in [3.63, 3.8) is 0 Å². The third kappa shape index (κ3) is 5.11. The quantitative estimate of drug-likeness (QED) is 0.803. The summed E-state index contributed by atoms with van der Waals surface area (Å²) in [4.78, 5) is 12.3. The third-order valence-corrected chi connectivity index (χ3v) is 4.83. The molecule has 1 amide bonds. The van der Waals surface area contributed by atoms with Gasteiger partial charge in [0.15, 0.2) is 0 Å². The number of ether oxygens (including phenoxy) is 1. The fourth-order valence-electron chi connectivity index (χ4n) is 3.26. The molecular formula is C18H27ClN2O2. The highest BCUT2D eigenvalue weighted by Gasteiger charge is 2.33. The van der Waals surface area contributed by atoms with Gasteiger partial charge in [-0.05, 0) is 68.3 Å². The molecule has 1 heterocycles. The molecule has 1 saturated carbocycles. The van der Waals surface area contributed by atoms with Crippen molar-refractivity contribution in [1.29, 1.82) is 0 Å². The molecule has 0 spiro atoms. The average molecular weight is 339 g/mol. The zero-order chi connectivity index (χ0) is 15.4. The van der Waals surface area contributed by atoms with Gasteiger partial charge in [0.2, 0.25) is 5.91 Å². The molecule has 0 aromatic heterocycles. The fourth-order valence-corrected chi connectivity index (χ4v) is 3.26. The summed E-state index contributed by atoms with van der Waals surface area (Å²) in [7, 11) is 1.67. The number of nitrogens with one attached hydrogen (secondary N) is 2. The lowest BCUT2D eigenvalue weighted by atomic mass is 10.00. The molecule has 2 aliphatic rings. The Morgan fingerprint density at radius 3 is 2.61 bits per heavy atom. The Hall–Kier alpha value is -1.26. The van der Waals surface area contributed by atoms with Crippen LogP contribution in [0, 0.1) is 11.8 Å². The number of hydrogen-bond donors (Lipinski definition) is 2. The van der Waals surface area contributed by atoms with Gasteiger partial charge in [0.1, 0.15) is 5.75 Å². The summed E-state index contributed by atoms with van der Waals surface area (Å²) >= 11 is 0. The van der Waals surface area contributed by atoms with Crippen LogP contribution >= 0.6 is 12.4 Å². The highest BCUT2D eigenvalue weighted by molar-refractivity contribution is 5.85. The number of amides is 1. The molecule has 3 rings (SSSR count). The summed E-state index contributed by atoms with van der Waals surface area (Å²) in [6.45, 7) is 2.17. The van der Waals surface area contributed by atoms with E-state index in [0.717, 1.165) is 25.3 Å². The maximum atomic E-state index is 12.3. The number of carbonyl (C=O) groups is 1. The molecule has 128 valence electrons. The molecule has 2 atom stereocenters. The van der Waals surface area contributed by atoms with Gasteiger partial charge in [-0.15, -0.1) is 12.4 Å². The number of rotatable bonds is 7.